The molecule has 30 heavy (non-hydrogen) atoms. The van der Waals surface area contributed by atoms with Crippen molar-refractivity contribution in [2.45, 2.75) is 6.92 Å². The highest BCUT2D eigenvalue weighted by atomic mass is 32.1. The zero-order chi connectivity index (χ0) is 20.9. The highest BCUT2D eigenvalue weighted by Crippen LogP contribution is 2.26. The smallest absolute Gasteiger partial charge is 0.345 e. The number of benzene rings is 2. The van der Waals surface area contributed by atoms with Crippen LogP contribution in [-0.4, -0.2) is 11.6 Å². The number of rotatable bonds is 6. The molecule has 148 valence electrons. The van der Waals surface area contributed by atoms with Crippen LogP contribution in [0.4, 0.5) is 5.69 Å². The molecule has 0 aliphatic rings. The van der Waals surface area contributed by atoms with Crippen LogP contribution in [0, 0.1) is 11.3 Å². The second-order valence-corrected chi connectivity index (χ2v) is 7.15. The molecule has 4 rings (SSSR count). The molecule has 1 N–H and O–H groups in total. The number of hydrogen-bond acceptors (Lipinski definition) is 7. The Kier molecular flexibility index (Phi) is 5.59. The lowest BCUT2D eigenvalue weighted by Crippen LogP contribution is -2.02. The summed E-state index contributed by atoms with van der Waals surface area (Å²) in [5, 5.41) is 15.7. The number of fused-ring (bicyclic) bond motifs is 1. The Morgan fingerprint density at radius 1 is 1.27 bits per heavy atom. The fourth-order valence-corrected chi connectivity index (χ4v) is 3.66. The molecule has 0 bridgehead atoms. The van der Waals surface area contributed by atoms with Gasteiger partial charge in [0.1, 0.15) is 28.0 Å². The van der Waals surface area contributed by atoms with Crippen LogP contribution in [0.5, 0.6) is 5.75 Å². The molecule has 0 aliphatic heterocycles. The third-order valence-corrected chi connectivity index (χ3v) is 5.20. The normalized spacial score (nSPS) is 11.3. The fourth-order valence-electron chi connectivity index (χ4n) is 2.87. The molecule has 0 fully saturated rings. The maximum absolute atomic E-state index is 12.4. The molecule has 0 unspecified atom stereocenters. The summed E-state index contributed by atoms with van der Waals surface area (Å²) in [6, 6.07) is 18.7. The molecule has 0 saturated heterocycles. The van der Waals surface area contributed by atoms with E-state index in [2.05, 4.69) is 16.4 Å². The van der Waals surface area contributed by atoms with Gasteiger partial charge in [0, 0.05) is 22.7 Å². The molecule has 0 amide bonds. The fraction of sp³-hybridized carbons (Fsp3) is 0.0870. The Bertz CT molecular complexity index is 1310. The molecule has 0 atom stereocenters. The Morgan fingerprint density at radius 2 is 2.07 bits per heavy atom. The molecule has 7 heteroatoms. The van der Waals surface area contributed by atoms with Crippen LogP contribution in [0.25, 0.3) is 27.8 Å². The number of anilines is 1. The standard InChI is InChI=1S/C23H17N3O3S/c1-2-28-18-9-7-17(8-10-18)25-13-16(12-24)22-26-20(14-30-22)19-11-15-5-3-4-6-21(15)29-23(19)27/h3-11,13-14,25H,2H2,1H3/b16-13-. The quantitative estimate of drug-likeness (QED) is 0.340. The van der Waals surface area contributed by atoms with E-state index in [1.807, 2.05) is 49.4 Å². The first-order chi connectivity index (χ1) is 14.7. The van der Waals surface area contributed by atoms with E-state index >= 15 is 0 Å². The molecule has 2 aromatic carbocycles. The second kappa shape index (κ2) is 8.64. The number of nitrogens with one attached hydrogen (secondary N) is 1. The van der Waals surface area contributed by atoms with Crippen LogP contribution in [0.2, 0.25) is 0 Å². The lowest BCUT2D eigenvalue weighted by molar-refractivity contribution is 0.340. The molecule has 4 aromatic rings. The number of thiazole rings is 1. The minimum Gasteiger partial charge on any atom is -0.494 e. The largest absolute Gasteiger partial charge is 0.494 e. The number of hydrogen-bond donors (Lipinski definition) is 1. The SMILES string of the molecule is CCOc1ccc(N/C=C(/C#N)c2nc(-c3cc4ccccc4oc3=O)cs2)cc1. The van der Waals surface area contributed by atoms with E-state index in [1.54, 1.807) is 23.7 Å². The van der Waals surface area contributed by atoms with Crippen molar-refractivity contribution >= 4 is 33.6 Å². The van der Waals surface area contributed by atoms with Gasteiger partial charge in [-0.05, 0) is 43.3 Å². The molecule has 0 saturated carbocycles. The lowest BCUT2D eigenvalue weighted by Gasteiger charge is -2.05. The summed E-state index contributed by atoms with van der Waals surface area (Å²) in [7, 11) is 0. The Hall–Kier alpha value is -3.89. The molecular formula is C23H17N3O3S. The van der Waals surface area contributed by atoms with Gasteiger partial charge >= 0.3 is 5.63 Å². The highest BCUT2D eigenvalue weighted by molar-refractivity contribution is 7.11. The molecule has 6 nitrogen and oxygen atoms in total. The van der Waals surface area contributed by atoms with Gasteiger partial charge in [-0.1, -0.05) is 18.2 Å². The zero-order valence-corrected chi connectivity index (χ0v) is 16.9. The van der Waals surface area contributed by atoms with Crippen LogP contribution in [0.1, 0.15) is 11.9 Å². The van der Waals surface area contributed by atoms with E-state index in [-0.39, 0.29) is 0 Å². The first-order valence-electron chi connectivity index (χ1n) is 9.27. The predicted octanol–water partition coefficient (Wildman–Crippen LogP) is 5.29. The van der Waals surface area contributed by atoms with E-state index in [9.17, 15) is 10.1 Å². The number of nitriles is 1. The van der Waals surface area contributed by atoms with Gasteiger partial charge in [0.15, 0.2) is 0 Å². The van der Waals surface area contributed by atoms with Crippen LogP contribution in [-0.2, 0) is 0 Å². The number of aromatic nitrogens is 1. The summed E-state index contributed by atoms with van der Waals surface area (Å²) in [6.45, 7) is 2.53. The maximum atomic E-state index is 12.4. The summed E-state index contributed by atoms with van der Waals surface area (Å²) in [4.78, 5) is 16.8. The molecular weight excluding hydrogens is 398 g/mol. The van der Waals surface area contributed by atoms with Gasteiger partial charge in [-0.15, -0.1) is 11.3 Å². The van der Waals surface area contributed by atoms with Crippen LogP contribution < -0.4 is 15.7 Å². The van der Waals surface area contributed by atoms with E-state index in [0.717, 1.165) is 16.8 Å². The Labute approximate surface area is 176 Å². The number of ether oxygens (including phenoxy) is 1. The third kappa shape index (κ3) is 4.09. The summed E-state index contributed by atoms with van der Waals surface area (Å²) in [5.41, 5.74) is 2.10. The van der Waals surface area contributed by atoms with Crippen molar-refractivity contribution in [3.8, 4) is 23.1 Å². The van der Waals surface area contributed by atoms with Gasteiger partial charge in [0.2, 0.25) is 0 Å². The minimum atomic E-state index is -0.458. The van der Waals surface area contributed by atoms with Crippen molar-refractivity contribution in [3.63, 3.8) is 0 Å². The monoisotopic (exact) mass is 415 g/mol. The predicted molar refractivity (Wildman–Crippen MR) is 118 cm³/mol. The lowest BCUT2D eigenvalue weighted by atomic mass is 10.1. The number of para-hydroxylation sites is 1. The second-order valence-electron chi connectivity index (χ2n) is 6.29. The van der Waals surface area contributed by atoms with E-state index in [4.69, 9.17) is 9.15 Å². The van der Waals surface area contributed by atoms with E-state index in [1.165, 1.54) is 11.3 Å². The van der Waals surface area contributed by atoms with Crippen molar-refractivity contribution < 1.29 is 9.15 Å². The third-order valence-electron chi connectivity index (χ3n) is 4.32. The summed E-state index contributed by atoms with van der Waals surface area (Å²) in [5.74, 6) is 0.784. The van der Waals surface area contributed by atoms with Gasteiger partial charge in [0.05, 0.1) is 17.9 Å². The summed E-state index contributed by atoms with van der Waals surface area (Å²) >= 11 is 1.29. The molecule has 2 aromatic heterocycles. The van der Waals surface area contributed by atoms with Gasteiger partial charge in [0.25, 0.3) is 0 Å². The van der Waals surface area contributed by atoms with Crippen molar-refractivity contribution in [2.24, 2.45) is 0 Å². The molecule has 2 heterocycles. The van der Waals surface area contributed by atoms with E-state index < -0.39 is 5.63 Å². The zero-order valence-electron chi connectivity index (χ0n) is 16.1. The highest BCUT2D eigenvalue weighted by Gasteiger charge is 2.13. The van der Waals surface area contributed by atoms with Crippen molar-refractivity contribution in [1.82, 2.24) is 4.98 Å². The molecule has 0 spiro atoms. The Balaban J connectivity index is 1.59. The minimum absolute atomic E-state index is 0.366. The molecule has 0 aliphatic carbocycles. The van der Waals surface area contributed by atoms with Gasteiger partial charge < -0.3 is 14.5 Å². The first kappa shape index (κ1) is 19.4. The number of nitrogens with zero attached hydrogens (tertiary/aromatic N) is 2. The average Bonchev–Trinajstić information content (AvgIpc) is 3.25. The van der Waals surface area contributed by atoms with Crippen molar-refractivity contribution in [2.75, 3.05) is 11.9 Å². The van der Waals surface area contributed by atoms with Crippen LogP contribution in [0.15, 0.2) is 75.4 Å². The van der Waals surface area contributed by atoms with E-state index in [0.29, 0.717) is 34.0 Å². The Morgan fingerprint density at radius 3 is 2.83 bits per heavy atom. The van der Waals surface area contributed by atoms with Gasteiger partial charge in [-0.25, -0.2) is 9.78 Å². The number of allylic oxidation sites excluding steroid dienone is 1. The van der Waals surface area contributed by atoms with Gasteiger partial charge in [-0.3, -0.25) is 0 Å². The summed E-state index contributed by atoms with van der Waals surface area (Å²) in [6.07, 6.45) is 1.60. The van der Waals surface area contributed by atoms with Crippen LogP contribution in [0.3, 0.4) is 0 Å². The van der Waals surface area contributed by atoms with Gasteiger partial charge in [-0.2, -0.15) is 5.26 Å². The van der Waals surface area contributed by atoms with Crippen molar-refractivity contribution in [3.05, 3.63) is 81.6 Å². The van der Waals surface area contributed by atoms with Crippen molar-refractivity contribution in [1.29, 1.82) is 5.26 Å². The maximum Gasteiger partial charge on any atom is 0.345 e. The average molecular weight is 415 g/mol. The first-order valence-corrected chi connectivity index (χ1v) is 10.1. The summed E-state index contributed by atoms with van der Waals surface area (Å²) < 4.78 is 10.8. The van der Waals surface area contributed by atoms with Crippen LogP contribution >= 0.6 is 11.3 Å². The topological polar surface area (TPSA) is 88.2 Å². The molecule has 0 radical (unpaired) electrons.